The molecule has 2 aliphatic rings. The molecule has 0 bridgehead atoms. The van der Waals surface area contributed by atoms with Crippen LogP contribution in [-0.4, -0.2) is 6.71 Å². The summed E-state index contributed by atoms with van der Waals surface area (Å²) in [6.45, 7) is 28.3. The van der Waals surface area contributed by atoms with Gasteiger partial charge >= 0.3 is 0 Å². The van der Waals surface area contributed by atoms with E-state index < -0.39 is 0 Å². The molecule has 0 atom stereocenters. The first kappa shape index (κ1) is 45.5. The summed E-state index contributed by atoms with van der Waals surface area (Å²) >= 11 is 0. The van der Waals surface area contributed by atoms with Gasteiger partial charge in [0, 0.05) is 34.1 Å². The number of anilines is 6. The second-order valence-corrected chi connectivity index (χ2v) is 25.5. The van der Waals surface area contributed by atoms with E-state index in [1.165, 1.54) is 138 Å². The second kappa shape index (κ2) is 15.6. The van der Waals surface area contributed by atoms with Crippen LogP contribution in [0.4, 0.5) is 34.1 Å². The molecule has 11 aromatic carbocycles. The van der Waals surface area contributed by atoms with E-state index in [-0.39, 0.29) is 28.4 Å². The molecule has 0 radical (unpaired) electrons. The highest BCUT2D eigenvalue weighted by atomic mass is 15.2. The predicted molar refractivity (Wildman–Crippen MR) is 319 cm³/mol. The Balaban J connectivity index is 1.22. The number of nitrogens with zero attached hydrogens (tertiary/aromatic N) is 2. The van der Waals surface area contributed by atoms with Crippen LogP contribution in [0.5, 0.6) is 0 Å². The Labute approximate surface area is 432 Å². The molecular weight excluding hydrogens is 880 g/mol. The summed E-state index contributed by atoms with van der Waals surface area (Å²) in [6.07, 6.45) is 0. The van der Waals surface area contributed by atoms with Gasteiger partial charge in [-0.2, -0.15) is 0 Å². The van der Waals surface area contributed by atoms with E-state index in [2.05, 4.69) is 269 Å². The van der Waals surface area contributed by atoms with Crippen LogP contribution in [-0.2, 0) is 21.7 Å². The maximum Gasteiger partial charge on any atom is 0.253 e. The molecule has 358 valence electrons. The molecule has 0 unspecified atom stereocenters. The van der Waals surface area contributed by atoms with Gasteiger partial charge in [-0.25, -0.2) is 0 Å². The number of fused-ring (bicyclic) bond motifs is 8. The molecule has 0 saturated heterocycles. The second-order valence-electron chi connectivity index (χ2n) is 25.5. The van der Waals surface area contributed by atoms with Crippen molar-refractivity contribution in [2.24, 2.45) is 0 Å². The van der Waals surface area contributed by atoms with E-state index in [0.717, 1.165) is 0 Å². The van der Waals surface area contributed by atoms with Crippen molar-refractivity contribution in [3.8, 4) is 11.1 Å². The smallest absolute Gasteiger partial charge is 0.253 e. The predicted octanol–water partition coefficient (Wildman–Crippen LogP) is 17.8. The van der Waals surface area contributed by atoms with Crippen LogP contribution in [0.25, 0.3) is 65.0 Å². The average molecular weight is 945 g/mol. The van der Waals surface area contributed by atoms with Gasteiger partial charge in [-0.15, -0.1) is 0 Å². The molecule has 0 aliphatic carbocycles. The SMILES string of the molecule is CC(C)(C)c1cc(N2c3cc(-c4cc5ccc6cccc7ccc(c4)c5c67)cc4c3B(c3c2ccc2ccccc32)c2c(ccc3ccccc23)N4c2cc(C(C)(C)C)cc(C(C)(C)C)c2)cc(C(C)(C)C)c1. The van der Waals surface area contributed by atoms with E-state index in [9.17, 15) is 0 Å². The molecule has 0 amide bonds. The van der Waals surface area contributed by atoms with Gasteiger partial charge in [0.1, 0.15) is 0 Å². The van der Waals surface area contributed by atoms with Gasteiger partial charge < -0.3 is 9.80 Å². The molecule has 2 heterocycles. The third kappa shape index (κ3) is 7.13. The molecule has 0 aromatic heterocycles. The largest absolute Gasteiger partial charge is 0.311 e. The summed E-state index contributed by atoms with van der Waals surface area (Å²) in [7, 11) is 0. The first-order chi connectivity index (χ1) is 34.7. The first-order valence-corrected chi connectivity index (χ1v) is 26.5. The lowest BCUT2D eigenvalue weighted by Crippen LogP contribution is -2.61. The lowest BCUT2D eigenvalue weighted by atomic mass is 9.32. The number of hydrogen-bond donors (Lipinski definition) is 0. The van der Waals surface area contributed by atoms with Crippen molar-refractivity contribution in [1.82, 2.24) is 0 Å². The van der Waals surface area contributed by atoms with Crippen molar-refractivity contribution in [1.29, 1.82) is 0 Å². The van der Waals surface area contributed by atoms with E-state index in [0.29, 0.717) is 0 Å². The average Bonchev–Trinajstić information content (AvgIpc) is 3.36. The minimum absolute atomic E-state index is 0.0694. The van der Waals surface area contributed by atoms with Crippen molar-refractivity contribution >= 4 is 111 Å². The van der Waals surface area contributed by atoms with Crippen LogP contribution in [0.2, 0.25) is 0 Å². The van der Waals surface area contributed by atoms with Crippen LogP contribution >= 0.6 is 0 Å². The Morgan fingerprint density at radius 2 is 0.630 bits per heavy atom. The lowest BCUT2D eigenvalue weighted by molar-refractivity contribution is 0.568. The van der Waals surface area contributed by atoms with Crippen molar-refractivity contribution in [3.05, 3.63) is 198 Å². The van der Waals surface area contributed by atoms with E-state index in [4.69, 9.17) is 0 Å². The van der Waals surface area contributed by atoms with Crippen LogP contribution in [0, 0.1) is 0 Å². The first-order valence-electron chi connectivity index (χ1n) is 26.5. The van der Waals surface area contributed by atoms with Crippen LogP contribution in [0.15, 0.2) is 176 Å². The fourth-order valence-electron chi connectivity index (χ4n) is 12.4. The van der Waals surface area contributed by atoms with E-state index >= 15 is 0 Å². The highest BCUT2D eigenvalue weighted by Gasteiger charge is 2.46. The normalized spacial score (nSPS) is 13.9. The fraction of sp³-hybridized carbons (Fsp3) is 0.229. The van der Waals surface area contributed by atoms with Gasteiger partial charge in [0.25, 0.3) is 6.71 Å². The van der Waals surface area contributed by atoms with Gasteiger partial charge in [0.05, 0.1) is 0 Å². The van der Waals surface area contributed by atoms with Gasteiger partial charge in [-0.05, 0) is 186 Å². The molecule has 0 spiro atoms. The maximum absolute atomic E-state index is 2.66. The van der Waals surface area contributed by atoms with Gasteiger partial charge in [0.15, 0.2) is 0 Å². The number of rotatable bonds is 3. The Hall–Kier alpha value is -7.36. The van der Waals surface area contributed by atoms with Crippen molar-refractivity contribution in [2.45, 2.75) is 105 Å². The molecule has 0 saturated carbocycles. The van der Waals surface area contributed by atoms with E-state index in [1.54, 1.807) is 0 Å². The highest BCUT2D eigenvalue weighted by Crippen LogP contribution is 2.50. The molecular formula is C70H65BN2. The summed E-state index contributed by atoms with van der Waals surface area (Å²) in [6, 6.07) is 68.7. The minimum atomic E-state index is -0.0800. The third-order valence-corrected chi connectivity index (χ3v) is 16.5. The van der Waals surface area contributed by atoms with Gasteiger partial charge in [-0.1, -0.05) is 198 Å². The van der Waals surface area contributed by atoms with E-state index in [1.807, 2.05) is 0 Å². The third-order valence-electron chi connectivity index (χ3n) is 16.5. The monoisotopic (exact) mass is 945 g/mol. The Kier molecular flexibility index (Phi) is 9.71. The Bertz CT molecular complexity index is 3770. The lowest BCUT2D eigenvalue weighted by Gasteiger charge is -2.46. The van der Waals surface area contributed by atoms with Crippen molar-refractivity contribution in [2.75, 3.05) is 9.80 Å². The molecule has 13 rings (SSSR count). The zero-order valence-corrected chi connectivity index (χ0v) is 44.7. The number of benzene rings is 11. The Morgan fingerprint density at radius 1 is 0.288 bits per heavy atom. The molecule has 0 N–H and O–H groups in total. The summed E-state index contributed by atoms with van der Waals surface area (Å²) in [5.74, 6) is 0. The van der Waals surface area contributed by atoms with Gasteiger partial charge in [0.2, 0.25) is 0 Å². The minimum Gasteiger partial charge on any atom is -0.311 e. The molecule has 0 fully saturated rings. The Morgan fingerprint density at radius 3 is 1.04 bits per heavy atom. The van der Waals surface area contributed by atoms with Crippen LogP contribution < -0.4 is 26.2 Å². The summed E-state index contributed by atoms with van der Waals surface area (Å²) in [5.41, 5.74) is 18.8. The zero-order chi connectivity index (χ0) is 50.7. The molecule has 2 aliphatic heterocycles. The quantitative estimate of drug-likeness (QED) is 0.129. The van der Waals surface area contributed by atoms with Crippen molar-refractivity contribution in [3.63, 3.8) is 0 Å². The fourth-order valence-corrected chi connectivity index (χ4v) is 12.4. The van der Waals surface area contributed by atoms with Gasteiger partial charge in [-0.3, -0.25) is 0 Å². The van der Waals surface area contributed by atoms with Crippen molar-refractivity contribution < 1.29 is 0 Å². The molecule has 11 aromatic rings. The highest BCUT2D eigenvalue weighted by molar-refractivity contribution is 7.03. The zero-order valence-electron chi connectivity index (χ0n) is 44.7. The summed E-state index contributed by atoms with van der Waals surface area (Å²) in [4.78, 5) is 5.33. The molecule has 73 heavy (non-hydrogen) atoms. The molecule has 3 heteroatoms. The summed E-state index contributed by atoms with van der Waals surface area (Å²) in [5, 5.41) is 12.9. The summed E-state index contributed by atoms with van der Waals surface area (Å²) < 4.78 is 0. The number of hydrogen-bond acceptors (Lipinski definition) is 2. The maximum atomic E-state index is 2.66. The topological polar surface area (TPSA) is 6.48 Å². The standard InChI is InChI=1S/C70H65BN2/c1-67(2,3)50-36-51(68(4,5)6)39-54(38-50)72-58-30-28-42-18-13-15-22-56(42)64(58)71-65-57-23-16-14-19-43(57)29-31-59(65)73(55-40-52(69(7,8)9)37-53(41-55)70(10,11)12)61-35-49(34-60(72)66(61)71)48-32-46-26-24-44-20-17-21-45-25-27-47(33-48)63(46)62(44)45/h13-41H,1-12H3. The van der Waals surface area contributed by atoms with Crippen LogP contribution in [0.1, 0.15) is 105 Å². The van der Waals surface area contributed by atoms with Crippen LogP contribution in [0.3, 0.4) is 0 Å². The molecule has 2 nitrogen and oxygen atoms in total.